The molecular formula is C15H16N3O2+. The van der Waals surface area contributed by atoms with Crippen LogP contribution in [0.15, 0.2) is 51.9 Å². The first kappa shape index (κ1) is 12.6. The summed E-state index contributed by atoms with van der Waals surface area (Å²) in [5, 5.41) is 2.70. The molecule has 5 nitrogen and oxygen atoms in total. The molecule has 0 spiro atoms. The van der Waals surface area contributed by atoms with Gasteiger partial charge in [0, 0.05) is 0 Å². The van der Waals surface area contributed by atoms with Crippen molar-refractivity contribution in [1.29, 1.82) is 0 Å². The molecule has 5 heteroatoms. The third-order valence-electron chi connectivity index (χ3n) is 3.32. The summed E-state index contributed by atoms with van der Waals surface area (Å²) in [4.78, 5) is 19.2. The molecular weight excluding hydrogens is 254 g/mol. The normalized spacial score (nSPS) is 12.7. The molecule has 1 atom stereocenters. The number of hydrogen-bond acceptors (Lipinski definition) is 3. The van der Waals surface area contributed by atoms with Gasteiger partial charge in [-0.3, -0.25) is 4.79 Å². The van der Waals surface area contributed by atoms with Crippen LogP contribution in [-0.2, 0) is 6.54 Å². The monoisotopic (exact) mass is 270 g/mol. The third kappa shape index (κ3) is 2.48. The molecule has 2 aromatic heterocycles. The number of nitrogens with two attached hydrogens (primary N) is 1. The minimum absolute atomic E-state index is 0.0929. The van der Waals surface area contributed by atoms with Gasteiger partial charge in [-0.25, -0.2) is 4.98 Å². The van der Waals surface area contributed by atoms with Crippen LogP contribution in [0.25, 0.3) is 10.9 Å². The summed E-state index contributed by atoms with van der Waals surface area (Å²) in [7, 11) is 0. The molecule has 0 aliphatic heterocycles. The van der Waals surface area contributed by atoms with Gasteiger partial charge in [-0.15, -0.1) is 0 Å². The molecule has 1 aromatic carbocycles. The Balaban J connectivity index is 1.80. The number of H-pyrrole nitrogens is 1. The average molecular weight is 270 g/mol. The molecule has 0 fully saturated rings. The van der Waals surface area contributed by atoms with Gasteiger partial charge < -0.3 is 14.7 Å². The van der Waals surface area contributed by atoms with E-state index in [0.717, 1.165) is 11.3 Å². The summed E-state index contributed by atoms with van der Waals surface area (Å²) in [6.45, 7) is 2.65. The highest BCUT2D eigenvalue weighted by Gasteiger charge is 2.12. The van der Waals surface area contributed by atoms with Gasteiger partial charge in [0.25, 0.3) is 5.56 Å². The number of nitrogens with one attached hydrogen (secondary N) is 1. The van der Waals surface area contributed by atoms with Crippen LogP contribution in [0.3, 0.4) is 0 Å². The van der Waals surface area contributed by atoms with E-state index in [2.05, 4.69) is 22.2 Å². The molecule has 0 bridgehead atoms. The number of rotatable bonds is 4. The highest BCUT2D eigenvalue weighted by molar-refractivity contribution is 5.77. The van der Waals surface area contributed by atoms with E-state index in [1.807, 2.05) is 30.3 Å². The standard InChI is InChI=1S/C15H15N3O2/c1-10(13-7-4-8-20-13)16-9-14-17-12-6-3-2-5-11(12)15(19)18-14/h2-8,10,16H,9H2,1H3,(H,17,18,19)/p+1/t10-/m1/s1. The fourth-order valence-corrected chi connectivity index (χ4v) is 2.19. The van der Waals surface area contributed by atoms with Gasteiger partial charge in [-0.1, -0.05) is 12.1 Å². The summed E-state index contributed by atoms with van der Waals surface area (Å²) in [5.41, 5.74) is 0.634. The van der Waals surface area contributed by atoms with Crippen molar-refractivity contribution in [3.05, 3.63) is 64.6 Å². The maximum Gasteiger partial charge on any atom is 0.258 e. The number of nitrogens with zero attached hydrogens (tertiary/aromatic N) is 1. The van der Waals surface area contributed by atoms with Crippen molar-refractivity contribution in [2.24, 2.45) is 0 Å². The van der Waals surface area contributed by atoms with Crippen molar-refractivity contribution in [2.75, 3.05) is 0 Å². The zero-order valence-corrected chi connectivity index (χ0v) is 11.2. The van der Waals surface area contributed by atoms with Gasteiger partial charge in [0.2, 0.25) is 0 Å². The van der Waals surface area contributed by atoms with Gasteiger partial charge in [0.05, 0.1) is 17.2 Å². The second-order valence-corrected chi connectivity index (χ2v) is 4.77. The summed E-state index contributed by atoms with van der Waals surface area (Å²) in [6, 6.07) is 11.3. The van der Waals surface area contributed by atoms with Crippen LogP contribution in [0.5, 0.6) is 0 Å². The maximum atomic E-state index is 11.9. The lowest BCUT2D eigenvalue weighted by molar-refractivity contribution is -0.710. The molecule has 3 N–H and O–H groups in total. The molecule has 3 rings (SSSR count). The lowest BCUT2D eigenvalue weighted by Gasteiger charge is -2.07. The molecule has 0 radical (unpaired) electrons. The van der Waals surface area contributed by atoms with Crippen LogP contribution < -0.4 is 10.9 Å². The fraction of sp³-hybridized carbons (Fsp3) is 0.200. The maximum absolute atomic E-state index is 11.9. The van der Waals surface area contributed by atoms with Crippen molar-refractivity contribution in [2.45, 2.75) is 19.5 Å². The smallest absolute Gasteiger partial charge is 0.258 e. The number of quaternary nitrogens is 1. The predicted molar refractivity (Wildman–Crippen MR) is 75.1 cm³/mol. The largest absolute Gasteiger partial charge is 0.463 e. The number of hydrogen-bond donors (Lipinski definition) is 2. The Labute approximate surface area is 115 Å². The molecule has 20 heavy (non-hydrogen) atoms. The second kappa shape index (κ2) is 5.30. The van der Waals surface area contributed by atoms with Gasteiger partial charge in [-0.05, 0) is 31.2 Å². The predicted octanol–water partition coefficient (Wildman–Crippen LogP) is 1.34. The number of para-hydroxylation sites is 1. The van der Waals surface area contributed by atoms with E-state index >= 15 is 0 Å². The third-order valence-corrected chi connectivity index (χ3v) is 3.32. The SMILES string of the molecule is C[C@@H]([NH2+]Cc1nc2ccccc2c(=O)[nH]1)c1ccco1. The van der Waals surface area contributed by atoms with Crippen molar-refractivity contribution in [3.63, 3.8) is 0 Å². The number of benzene rings is 1. The van der Waals surface area contributed by atoms with Gasteiger partial charge in [0.1, 0.15) is 12.6 Å². The zero-order valence-electron chi connectivity index (χ0n) is 11.2. The number of fused-ring (bicyclic) bond motifs is 1. The first-order valence-corrected chi connectivity index (χ1v) is 6.59. The number of furan rings is 1. The molecule has 0 amide bonds. The molecule has 2 heterocycles. The van der Waals surface area contributed by atoms with E-state index in [1.54, 1.807) is 12.3 Å². The Morgan fingerprint density at radius 2 is 2.15 bits per heavy atom. The highest BCUT2D eigenvalue weighted by Crippen LogP contribution is 2.08. The molecule has 0 aliphatic rings. The molecule has 0 unspecified atom stereocenters. The minimum atomic E-state index is -0.0929. The van der Waals surface area contributed by atoms with Gasteiger partial charge >= 0.3 is 0 Å². The van der Waals surface area contributed by atoms with E-state index in [9.17, 15) is 4.79 Å². The van der Waals surface area contributed by atoms with Gasteiger partial charge in [0.15, 0.2) is 11.6 Å². The van der Waals surface area contributed by atoms with E-state index in [4.69, 9.17) is 4.42 Å². The average Bonchev–Trinajstić information content (AvgIpc) is 2.99. The van der Waals surface area contributed by atoms with Crippen LogP contribution in [0.2, 0.25) is 0 Å². The summed E-state index contributed by atoms with van der Waals surface area (Å²) >= 11 is 0. The lowest BCUT2D eigenvalue weighted by Crippen LogP contribution is -2.83. The fourth-order valence-electron chi connectivity index (χ4n) is 2.19. The molecule has 0 saturated carbocycles. The van der Waals surface area contributed by atoms with Crippen molar-refractivity contribution >= 4 is 10.9 Å². The lowest BCUT2D eigenvalue weighted by atomic mass is 10.2. The summed E-state index contributed by atoms with van der Waals surface area (Å²) in [5.74, 6) is 1.58. The Morgan fingerprint density at radius 1 is 1.30 bits per heavy atom. The van der Waals surface area contributed by atoms with Crippen LogP contribution in [0.4, 0.5) is 0 Å². The van der Waals surface area contributed by atoms with Crippen LogP contribution in [0, 0.1) is 0 Å². The first-order chi connectivity index (χ1) is 9.74. The van der Waals surface area contributed by atoms with Crippen LogP contribution >= 0.6 is 0 Å². The summed E-state index contributed by atoms with van der Waals surface area (Å²) < 4.78 is 5.35. The van der Waals surface area contributed by atoms with Crippen molar-refractivity contribution in [1.82, 2.24) is 9.97 Å². The van der Waals surface area contributed by atoms with Crippen molar-refractivity contribution < 1.29 is 9.73 Å². The molecule has 0 saturated heterocycles. The van der Waals surface area contributed by atoms with E-state index in [-0.39, 0.29) is 11.6 Å². The number of aromatic amines is 1. The van der Waals surface area contributed by atoms with E-state index in [1.165, 1.54) is 0 Å². The Kier molecular flexibility index (Phi) is 3.35. The van der Waals surface area contributed by atoms with E-state index < -0.39 is 0 Å². The quantitative estimate of drug-likeness (QED) is 0.751. The Morgan fingerprint density at radius 3 is 2.95 bits per heavy atom. The number of aromatic nitrogens is 2. The van der Waals surface area contributed by atoms with Crippen LogP contribution in [0.1, 0.15) is 24.6 Å². The molecule has 0 aliphatic carbocycles. The highest BCUT2D eigenvalue weighted by atomic mass is 16.3. The zero-order chi connectivity index (χ0) is 13.9. The Bertz CT molecular complexity index is 762. The van der Waals surface area contributed by atoms with Crippen molar-refractivity contribution in [3.8, 4) is 0 Å². The molecule has 3 aromatic rings. The first-order valence-electron chi connectivity index (χ1n) is 6.59. The molecule has 102 valence electrons. The topological polar surface area (TPSA) is 75.5 Å². The second-order valence-electron chi connectivity index (χ2n) is 4.77. The summed E-state index contributed by atoms with van der Waals surface area (Å²) in [6.07, 6.45) is 1.66. The van der Waals surface area contributed by atoms with E-state index in [0.29, 0.717) is 17.8 Å². The van der Waals surface area contributed by atoms with Crippen LogP contribution in [-0.4, -0.2) is 9.97 Å². The van der Waals surface area contributed by atoms with Gasteiger partial charge in [-0.2, -0.15) is 0 Å². The minimum Gasteiger partial charge on any atom is -0.463 e. The Hall–Kier alpha value is -2.40.